The van der Waals surface area contributed by atoms with Gasteiger partial charge in [0, 0.05) is 18.5 Å². The van der Waals surface area contributed by atoms with E-state index in [1.807, 2.05) is 36.4 Å². The van der Waals surface area contributed by atoms with Gasteiger partial charge < -0.3 is 15.5 Å². The number of halogens is 1. The molecule has 3 rings (SSSR count). The molecule has 0 saturated carbocycles. The summed E-state index contributed by atoms with van der Waals surface area (Å²) in [5.74, 6) is -0.0131. The monoisotopic (exact) mass is 453 g/mol. The molecular formula is C23H32ClNO4S. The number of sulfone groups is 1. The van der Waals surface area contributed by atoms with E-state index in [4.69, 9.17) is 0 Å². The average Bonchev–Trinajstić information content (AvgIpc) is 2.69. The van der Waals surface area contributed by atoms with Crippen molar-refractivity contribution in [2.75, 3.05) is 11.5 Å². The summed E-state index contributed by atoms with van der Waals surface area (Å²) in [5.41, 5.74) is 4.04. The maximum Gasteiger partial charge on any atom is 0.152 e. The van der Waals surface area contributed by atoms with Crippen molar-refractivity contribution in [3.05, 3.63) is 70.8 Å². The lowest BCUT2D eigenvalue weighted by molar-refractivity contribution is 0.0781. The van der Waals surface area contributed by atoms with Crippen LogP contribution in [-0.2, 0) is 29.4 Å². The first-order chi connectivity index (χ1) is 13.8. The third-order valence-electron chi connectivity index (χ3n) is 5.65. The number of benzene rings is 2. The van der Waals surface area contributed by atoms with Crippen LogP contribution in [0.25, 0.3) is 0 Å². The highest BCUT2D eigenvalue weighted by Crippen LogP contribution is 2.25. The summed E-state index contributed by atoms with van der Waals surface area (Å²) in [6, 6.07) is 15.2. The fraction of sp³-hybridized carbons (Fsp3) is 0.478. The van der Waals surface area contributed by atoms with Crippen LogP contribution >= 0.6 is 12.4 Å². The first-order valence-electron chi connectivity index (χ1n) is 10.2. The SMILES string of the molecule is CC(C)c1cccc(CN[C@H]2CS(=O)(=O)C[C@@H](Cc3cccc(CO)c3)[C@@H]2O)c1.Cl. The maximum atomic E-state index is 12.5. The summed E-state index contributed by atoms with van der Waals surface area (Å²) < 4.78 is 25.0. The second kappa shape index (κ2) is 10.7. The van der Waals surface area contributed by atoms with E-state index >= 15 is 0 Å². The van der Waals surface area contributed by atoms with Gasteiger partial charge >= 0.3 is 0 Å². The van der Waals surface area contributed by atoms with Crippen LogP contribution in [0.2, 0.25) is 0 Å². The highest BCUT2D eigenvalue weighted by atomic mass is 35.5. The Morgan fingerprint density at radius 1 is 1.03 bits per heavy atom. The number of aliphatic hydroxyl groups excluding tert-OH is 2. The highest BCUT2D eigenvalue weighted by Gasteiger charge is 2.39. The van der Waals surface area contributed by atoms with Gasteiger partial charge in [0.05, 0.1) is 24.2 Å². The van der Waals surface area contributed by atoms with Crippen LogP contribution in [0.5, 0.6) is 0 Å². The van der Waals surface area contributed by atoms with Gasteiger partial charge in [0.2, 0.25) is 0 Å². The molecule has 3 N–H and O–H groups in total. The van der Waals surface area contributed by atoms with Gasteiger partial charge in [-0.15, -0.1) is 12.4 Å². The van der Waals surface area contributed by atoms with Crippen molar-refractivity contribution in [3.8, 4) is 0 Å². The molecule has 2 aromatic carbocycles. The van der Waals surface area contributed by atoms with Crippen LogP contribution in [-0.4, -0.2) is 42.3 Å². The Hall–Kier alpha value is -1.44. The predicted molar refractivity (Wildman–Crippen MR) is 123 cm³/mol. The van der Waals surface area contributed by atoms with Crippen molar-refractivity contribution in [2.24, 2.45) is 5.92 Å². The van der Waals surface area contributed by atoms with Gasteiger partial charge in [-0.05, 0) is 34.6 Å². The highest BCUT2D eigenvalue weighted by molar-refractivity contribution is 7.91. The molecule has 0 spiro atoms. The summed E-state index contributed by atoms with van der Waals surface area (Å²) in [6.07, 6.45) is -0.278. The Morgan fingerprint density at radius 3 is 2.40 bits per heavy atom. The quantitative estimate of drug-likeness (QED) is 0.600. The molecule has 1 aliphatic heterocycles. The molecule has 166 valence electrons. The van der Waals surface area contributed by atoms with E-state index in [0.29, 0.717) is 18.9 Å². The summed E-state index contributed by atoms with van der Waals surface area (Å²) in [7, 11) is -3.25. The van der Waals surface area contributed by atoms with E-state index in [9.17, 15) is 18.6 Å². The minimum Gasteiger partial charge on any atom is -0.392 e. The van der Waals surface area contributed by atoms with Crippen molar-refractivity contribution in [2.45, 2.75) is 51.5 Å². The second-order valence-electron chi connectivity index (χ2n) is 8.40. The smallest absolute Gasteiger partial charge is 0.152 e. The van der Waals surface area contributed by atoms with Crippen LogP contribution in [0, 0.1) is 5.92 Å². The van der Waals surface area contributed by atoms with Crippen LogP contribution in [0.4, 0.5) is 0 Å². The zero-order chi connectivity index (χ0) is 21.0. The van der Waals surface area contributed by atoms with Gasteiger partial charge in [-0.1, -0.05) is 62.4 Å². The third kappa shape index (κ3) is 6.53. The molecule has 1 fully saturated rings. The molecule has 7 heteroatoms. The first-order valence-corrected chi connectivity index (χ1v) is 12.0. The van der Waals surface area contributed by atoms with Gasteiger partial charge in [-0.3, -0.25) is 0 Å². The topological polar surface area (TPSA) is 86.6 Å². The van der Waals surface area contributed by atoms with Crippen LogP contribution in [0.15, 0.2) is 48.5 Å². The Kier molecular flexibility index (Phi) is 8.88. The fourth-order valence-corrected chi connectivity index (χ4v) is 5.99. The molecule has 0 amide bonds. The van der Waals surface area contributed by atoms with Gasteiger partial charge in [-0.25, -0.2) is 8.42 Å². The Labute approximate surface area is 185 Å². The number of rotatable bonds is 7. The Balaban J connectivity index is 0.00000320. The lowest BCUT2D eigenvalue weighted by atomic mass is 9.90. The van der Waals surface area contributed by atoms with Crippen LogP contribution in [0.3, 0.4) is 0 Å². The summed E-state index contributed by atoms with van der Waals surface area (Å²) >= 11 is 0. The van der Waals surface area contributed by atoms with Crippen molar-refractivity contribution in [1.82, 2.24) is 5.32 Å². The molecular weight excluding hydrogens is 422 g/mol. The third-order valence-corrected chi connectivity index (χ3v) is 7.46. The summed E-state index contributed by atoms with van der Waals surface area (Å²) in [6.45, 7) is 4.74. The van der Waals surface area contributed by atoms with E-state index < -0.39 is 22.0 Å². The zero-order valence-corrected chi connectivity index (χ0v) is 19.1. The molecule has 0 aromatic heterocycles. The molecule has 0 bridgehead atoms. The van der Waals surface area contributed by atoms with E-state index in [1.54, 1.807) is 0 Å². The molecule has 1 heterocycles. The molecule has 1 aliphatic rings. The lowest BCUT2D eigenvalue weighted by Crippen LogP contribution is -2.54. The molecule has 0 unspecified atom stereocenters. The molecule has 0 radical (unpaired) electrons. The lowest BCUT2D eigenvalue weighted by Gasteiger charge is -2.35. The maximum absolute atomic E-state index is 12.5. The fourth-order valence-electron chi connectivity index (χ4n) is 4.02. The molecule has 5 nitrogen and oxygen atoms in total. The zero-order valence-electron chi connectivity index (χ0n) is 17.5. The molecule has 2 aromatic rings. The minimum atomic E-state index is -3.25. The van der Waals surface area contributed by atoms with Crippen LogP contribution < -0.4 is 5.32 Å². The summed E-state index contributed by atoms with van der Waals surface area (Å²) in [5, 5.41) is 23.5. The van der Waals surface area contributed by atoms with E-state index in [-0.39, 0.29) is 36.4 Å². The molecule has 30 heavy (non-hydrogen) atoms. The van der Waals surface area contributed by atoms with Gasteiger partial charge in [-0.2, -0.15) is 0 Å². The van der Waals surface area contributed by atoms with Crippen molar-refractivity contribution >= 4 is 22.2 Å². The number of nitrogens with one attached hydrogen (secondary N) is 1. The van der Waals surface area contributed by atoms with Crippen molar-refractivity contribution in [1.29, 1.82) is 0 Å². The van der Waals surface area contributed by atoms with E-state index in [0.717, 1.165) is 16.7 Å². The average molecular weight is 454 g/mol. The minimum absolute atomic E-state index is 0. The Morgan fingerprint density at radius 2 is 1.70 bits per heavy atom. The van der Waals surface area contributed by atoms with Crippen molar-refractivity contribution in [3.63, 3.8) is 0 Å². The second-order valence-corrected chi connectivity index (χ2v) is 10.6. The first kappa shape index (κ1) is 24.8. The number of hydrogen-bond donors (Lipinski definition) is 3. The van der Waals surface area contributed by atoms with E-state index in [1.165, 1.54) is 5.56 Å². The van der Waals surface area contributed by atoms with Gasteiger partial charge in [0.25, 0.3) is 0 Å². The number of hydrogen-bond acceptors (Lipinski definition) is 5. The molecule has 1 saturated heterocycles. The largest absolute Gasteiger partial charge is 0.392 e. The van der Waals surface area contributed by atoms with Crippen LogP contribution in [0.1, 0.15) is 42.0 Å². The predicted octanol–water partition coefficient (Wildman–Crippen LogP) is 2.83. The standard InChI is InChI=1S/C23H31NO4S.ClH/c1-16(2)20-8-4-6-18(11-20)12-24-22-15-29(27,28)14-21(23(22)26)10-17-5-3-7-19(9-17)13-25;/h3-9,11,16,21-26H,10,12-15H2,1-2H3;1H/t21-,22+,23+;/m1./s1. The number of aliphatic hydroxyl groups is 2. The normalized spacial score (nSPS) is 23.2. The van der Waals surface area contributed by atoms with E-state index in [2.05, 4.69) is 31.3 Å². The molecule has 0 aliphatic carbocycles. The van der Waals surface area contributed by atoms with Gasteiger partial charge in [0.15, 0.2) is 9.84 Å². The molecule has 3 atom stereocenters. The summed E-state index contributed by atoms with van der Waals surface area (Å²) in [4.78, 5) is 0. The van der Waals surface area contributed by atoms with Gasteiger partial charge in [0.1, 0.15) is 0 Å². The van der Waals surface area contributed by atoms with Crippen molar-refractivity contribution < 1.29 is 18.6 Å². The Bertz CT molecular complexity index is 932.